The van der Waals surface area contributed by atoms with E-state index in [1.165, 1.54) is 36.4 Å². The summed E-state index contributed by atoms with van der Waals surface area (Å²) in [6.45, 7) is -0.324. The zero-order valence-electron chi connectivity index (χ0n) is 10.6. The lowest BCUT2D eigenvalue weighted by atomic mass is 10.2. The van der Waals surface area contributed by atoms with Crippen LogP contribution in [0.2, 0.25) is 5.02 Å². The van der Waals surface area contributed by atoms with Gasteiger partial charge in [0.25, 0.3) is 0 Å². The van der Waals surface area contributed by atoms with Gasteiger partial charge < -0.3 is 4.74 Å². The van der Waals surface area contributed by atoms with Crippen molar-refractivity contribution in [3.63, 3.8) is 0 Å². The highest BCUT2D eigenvalue weighted by molar-refractivity contribution is 6.33. The molecular weight excluding hydrogens is 301 g/mol. The Morgan fingerprint density at radius 2 is 1.95 bits per heavy atom. The SMILES string of the molecule is O=C(OCc1ccccc1F)c1cccc(Cl)c1[N+](=O)[O-]. The Kier molecular flexibility index (Phi) is 4.49. The van der Waals surface area contributed by atoms with Crippen molar-refractivity contribution in [2.45, 2.75) is 6.61 Å². The number of nitro benzene ring substituents is 1. The molecule has 21 heavy (non-hydrogen) atoms. The molecule has 0 radical (unpaired) electrons. The van der Waals surface area contributed by atoms with Crippen molar-refractivity contribution in [1.29, 1.82) is 0 Å². The number of para-hydroxylation sites is 1. The lowest BCUT2D eigenvalue weighted by Gasteiger charge is -2.07. The Bertz CT molecular complexity index is 705. The molecule has 7 heteroatoms. The van der Waals surface area contributed by atoms with Crippen LogP contribution in [0.1, 0.15) is 15.9 Å². The van der Waals surface area contributed by atoms with Gasteiger partial charge in [0.15, 0.2) is 0 Å². The highest BCUT2D eigenvalue weighted by atomic mass is 35.5. The summed E-state index contributed by atoms with van der Waals surface area (Å²) >= 11 is 5.70. The summed E-state index contributed by atoms with van der Waals surface area (Å²) in [5, 5.41) is 10.8. The van der Waals surface area contributed by atoms with E-state index in [0.29, 0.717) is 0 Å². The Labute approximate surface area is 124 Å². The zero-order chi connectivity index (χ0) is 15.4. The molecule has 0 saturated carbocycles. The first-order chi connectivity index (χ1) is 10.0. The van der Waals surface area contributed by atoms with Crippen LogP contribution in [0.3, 0.4) is 0 Å². The molecule has 0 amide bonds. The van der Waals surface area contributed by atoms with Crippen LogP contribution in [0, 0.1) is 15.9 Å². The van der Waals surface area contributed by atoms with Gasteiger partial charge in [-0.15, -0.1) is 0 Å². The van der Waals surface area contributed by atoms with Crippen molar-refractivity contribution in [2.75, 3.05) is 0 Å². The standard InChI is InChI=1S/C14H9ClFNO4/c15-11-6-3-5-10(13(11)17(19)20)14(18)21-8-9-4-1-2-7-12(9)16/h1-7H,8H2. The molecule has 2 aromatic carbocycles. The van der Waals surface area contributed by atoms with Crippen LogP contribution in [0.4, 0.5) is 10.1 Å². The second-order valence-electron chi connectivity index (χ2n) is 4.06. The van der Waals surface area contributed by atoms with Gasteiger partial charge in [0.1, 0.15) is 23.0 Å². The molecule has 108 valence electrons. The predicted molar refractivity (Wildman–Crippen MR) is 73.6 cm³/mol. The fourth-order valence-corrected chi connectivity index (χ4v) is 1.95. The highest BCUT2D eigenvalue weighted by Crippen LogP contribution is 2.28. The highest BCUT2D eigenvalue weighted by Gasteiger charge is 2.24. The van der Waals surface area contributed by atoms with E-state index in [2.05, 4.69) is 0 Å². The molecule has 0 fully saturated rings. The number of esters is 1. The molecule has 0 aliphatic carbocycles. The number of ether oxygens (including phenoxy) is 1. The topological polar surface area (TPSA) is 69.4 Å². The average molecular weight is 310 g/mol. The smallest absolute Gasteiger partial charge is 0.345 e. The van der Waals surface area contributed by atoms with Gasteiger partial charge >= 0.3 is 11.7 Å². The third-order valence-electron chi connectivity index (χ3n) is 2.71. The number of nitrogens with zero attached hydrogens (tertiary/aromatic N) is 1. The lowest BCUT2D eigenvalue weighted by molar-refractivity contribution is -0.385. The molecule has 0 saturated heterocycles. The molecule has 5 nitrogen and oxygen atoms in total. The van der Waals surface area contributed by atoms with Crippen LogP contribution >= 0.6 is 11.6 Å². The molecule has 0 heterocycles. The van der Waals surface area contributed by atoms with E-state index in [9.17, 15) is 19.3 Å². The van der Waals surface area contributed by atoms with Gasteiger partial charge in [0.2, 0.25) is 0 Å². The summed E-state index contributed by atoms with van der Waals surface area (Å²) in [6.07, 6.45) is 0. The van der Waals surface area contributed by atoms with Crippen LogP contribution in [-0.2, 0) is 11.3 Å². The molecule has 0 atom stereocenters. The summed E-state index contributed by atoms with van der Waals surface area (Å²) in [4.78, 5) is 22.1. The molecule has 2 aromatic rings. The number of benzene rings is 2. The van der Waals surface area contributed by atoms with Crippen LogP contribution in [0.5, 0.6) is 0 Å². The largest absolute Gasteiger partial charge is 0.457 e. The number of rotatable bonds is 4. The van der Waals surface area contributed by atoms with Crippen molar-refractivity contribution in [1.82, 2.24) is 0 Å². The van der Waals surface area contributed by atoms with E-state index >= 15 is 0 Å². The first-order valence-corrected chi connectivity index (χ1v) is 6.22. The molecule has 0 aliphatic heterocycles. The van der Waals surface area contributed by atoms with E-state index in [0.717, 1.165) is 0 Å². The number of carbonyl (C=O) groups excluding carboxylic acids is 1. The van der Waals surface area contributed by atoms with Crippen molar-refractivity contribution >= 4 is 23.3 Å². The molecule has 0 aliphatic rings. The van der Waals surface area contributed by atoms with E-state index in [-0.39, 0.29) is 22.8 Å². The zero-order valence-corrected chi connectivity index (χ0v) is 11.3. The molecule has 2 rings (SSSR count). The van der Waals surface area contributed by atoms with Crippen molar-refractivity contribution in [3.05, 3.63) is 74.5 Å². The van der Waals surface area contributed by atoms with Crippen LogP contribution < -0.4 is 0 Å². The minimum absolute atomic E-state index is 0.166. The van der Waals surface area contributed by atoms with E-state index in [4.69, 9.17) is 16.3 Å². The van der Waals surface area contributed by atoms with Crippen LogP contribution in [0.25, 0.3) is 0 Å². The predicted octanol–water partition coefficient (Wildman–Crippen LogP) is 3.74. The van der Waals surface area contributed by atoms with E-state index in [1.807, 2.05) is 0 Å². The maximum absolute atomic E-state index is 13.4. The second-order valence-corrected chi connectivity index (χ2v) is 4.47. The third-order valence-corrected chi connectivity index (χ3v) is 3.01. The quantitative estimate of drug-likeness (QED) is 0.490. The second kappa shape index (κ2) is 6.32. The average Bonchev–Trinajstić information content (AvgIpc) is 2.45. The van der Waals surface area contributed by atoms with Crippen molar-refractivity contribution in [2.24, 2.45) is 0 Å². The Morgan fingerprint density at radius 3 is 2.62 bits per heavy atom. The normalized spacial score (nSPS) is 10.2. The molecule has 0 spiro atoms. The third kappa shape index (κ3) is 3.35. The fraction of sp³-hybridized carbons (Fsp3) is 0.0714. The molecule has 0 N–H and O–H groups in total. The summed E-state index contributed by atoms with van der Waals surface area (Å²) in [5.41, 5.74) is -0.628. The van der Waals surface area contributed by atoms with Crippen LogP contribution in [0.15, 0.2) is 42.5 Å². The Morgan fingerprint density at radius 1 is 1.24 bits per heavy atom. The number of nitro groups is 1. The maximum Gasteiger partial charge on any atom is 0.345 e. The van der Waals surface area contributed by atoms with Crippen molar-refractivity contribution in [3.8, 4) is 0 Å². The number of hydrogen-bond acceptors (Lipinski definition) is 4. The first-order valence-electron chi connectivity index (χ1n) is 5.84. The number of hydrogen-bond donors (Lipinski definition) is 0. The van der Waals surface area contributed by atoms with Gasteiger partial charge in [-0.05, 0) is 18.2 Å². The maximum atomic E-state index is 13.4. The van der Waals surface area contributed by atoms with Gasteiger partial charge in [-0.2, -0.15) is 0 Å². The van der Waals surface area contributed by atoms with Gasteiger partial charge in [-0.25, -0.2) is 9.18 Å². The van der Waals surface area contributed by atoms with Gasteiger partial charge in [-0.1, -0.05) is 35.9 Å². The summed E-state index contributed by atoms with van der Waals surface area (Å²) in [7, 11) is 0. The summed E-state index contributed by atoms with van der Waals surface area (Å²) in [6, 6.07) is 9.70. The van der Waals surface area contributed by atoms with Crippen LogP contribution in [-0.4, -0.2) is 10.9 Å². The monoisotopic (exact) mass is 309 g/mol. The minimum Gasteiger partial charge on any atom is -0.457 e. The Balaban J connectivity index is 2.20. The summed E-state index contributed by atoms with van der Waals surface area (Å²) < 4.78 is 18.3. The van der Waals surface area contributed by atoms with E-state index < -0.39 is 22.4 Å². The molecule has 0 bridgehead atoms. The Hall–Kier alpha value is -2.47. The minimum atomic E-state index is -0.938. The number of carbonyl (C=O) groups is 1. The molecule has 0 unspecified atom stereocenters. The van der Waals surface area contributed by atoms with Gasteiger partial charge in [-0.3, -0.25) is 10.1 Å². The lowest BCUT2D eigenvalue weighted by Crippen LogP contribution is -2.09. The molecular formula is C14H9ClFNO4. The summed E-state index contributed by atoms with van der Waals surface area (Å²) in [5.74, 6) is -1.46. The van der Waals surface area contributed by atoms with Gasteiger partial charge in [0.05, 0.1) is 4.92 Å². The van der Waals surface area contributed by atoms with E-state index in [1.54, 1.807) is 6.07 Å². The molecule has 0 aromatic heterocycles. The number of halogens is 2. The fourth-order valence-electron chi connectivity index (χ4n) is 1.70. The first kappa shape index (κ1) is 14.9. The van der Waals surface area contributed by atoms with Crippen molar-refractivity contribution < 1.29 is 18.8 Å². The van der Waals surface area contributed by atoms with Gasteiger partial charge in [0, 0.05) is 5.56 Å².